The third-order valence-corrected chi connectivity index (χ3v) is 4.02. The van der Waals surface area contributed by atoms with E-state index < -0.39 is 54.0 Å². The standard InChI is InChI=1S/C14H18O8/c1-2-6-3-8(12(17)18)9(13(19)20)4-7(6)10(14(21)22)5-11(15)16/h3,7-10H,2,4-5H2,1H3,(H,15,16)(H,17,18)(H,19,20)(H,21,22). The highest BCUT2D eigenvalue weighted by Crippen LogP contribution is 2.40. The second-order valence-corrected chi connectivity index (χ2v) is 5.29. The SMILES string of the molecule is CCC1=CC(C(=O)O)C(C(=O)O)CC1C(CC(=O)O)C(=O)O. The van der Waals surface area contributed by atoms with E-state index in [1.54, 1.807) is 6.92 Å². The molecule has 0 fully saturated rings. The van der Waals surface area contributed by atoms with Crippen LogP contribution in [0, 0.1) is 23.7 Å². The van der Waals surface area contributed by atoms with E-state index in [0.29, 0.717) is 12.0 Å². The van der Waals surface area contributed by atoms with Crippen LogP contribution in [0.1, 0.15) is 26.2 Å². The van der Waals surface area contributed by atoms with Gasteiger partial charge in [-0.05, 0) is 18.8 Å². The molecular formula is C14H18O8. The maximum Gasteiger partial charge on any atom is 0.311 e. The van der Waals surface area contributed by atoms with E-state index in [1.807, 2.05) is 0 Å². The minimum absolute atomic E-state index is 0.198. The van der Waals surface area contributed by atoms with Crippen molar-refractivity contribution in [3.8, 4) is 0 Å². The molecule has 0 saturated heterocycles. The summed E-state index contributed by atoms with van der Waals surface area (Å²) in [5.41, 5.74) is 0.485. The van der Waals surface area contributed by atoms with Crippen molar-refractivity contribution in [2.45, 2.75) is 26.2 Å². The number of aliphatic carboxylic acids is 4. The predicted molar refractivity (Wildman–Crippen MR) is 72.1 cm³/mol. The number of hydrogen-bond donors (Lipinski definition) is 4. The second kappa shape index (κ2) is 7.06. The summed E-state index contributed by atoms with van der Waals surface area (Å²) in [4.78, 5) is 44.6. The van der Waals surface area contributed by atoms with Gasteiger partial charge in [-0.1, -0.05) is 18.6 Å². The number of carboxylic acid groups (broad SMARTS) is 4. The summed E-state index contributed by atoms with van der Waals surface area (Å²) in [6.07, 6.45) is 0.773. The monoisotopic (exact) mass is 314 g/mol. The van der Waals surface area contributed by atoms with Gasteiger partial charge in [0.2, 0.25) is 0 Å². The van der Waals surface area contributed by atoms with Gasteiger partial charge >= 0.3 is 23.9 Å². The molecule has 0 amide bonds. The van der Waals surface area contributed by atoms with Crippen molar-refractivity contribution >= 4 is 23.9 Å². The lowest BCUT2D eigenvalue weighted by molar-refractivity contribution is -0.155. The molecule has 4 N–H and O–H groups in total. The molecule has 1 aliphatic rings. The highest BCUT2D eigenvalue weighted by molar-refractivity contribution is 5.83. The zero-order valence-corrected chi connectivity index (χ0v) is 11.9. The van der Waals surface area contributed by atoms with E-state index in [1.165, 1.54) is 6.08 Å². The molecule has 22 heavy (non-hydrogen) atoms. The minimum Gasteiger partial charge on any atom is -0.481 e. The smallest absolute Gasteiger partial charge is 0.311 e. The van der Waals surface area contributed by atoms with Gasteiger partial charge in [-0.15, -0.1) is 0 Å². The molecule has 0 saturated carbocycles. The van der Waals surface area contributed by atoms with Gasteiger partial charge in [-0.25, -0.2) is 0 Å². The van der Waals surface area contributed by atoms with Gasteiger partial charge in [0.15, 0.2) is 0 Å². The van der Waals surface area contributed by atoms with Crippen LogP contribution in [0.5, 0.6) is 0 Å². The number of carboxylic acids is 4. The number of rotatable bonds is 7. The summed E-state index contributed by atoms with van der Waals surface area (Å²) in [6, 6.07) is 0. The topological polar surface area (TPSA) is 149 Å². The van der Waals surface area contributed by atoms with Crippen molar-refractivity contribution in [2.24, 2.45) is 23.7 Å². The maximum atomic E-state index is 11.3. The Labute approximate surface area is 126 Å². The third kappa shape index (κ3) is 3.84. The molecule has 0 aromatic heterocycles. The Morgan fingerprint density at radius 1 is 1.14 bits per heavy atom. The Kier molecular flexibility index (Phi) is 5.67. The first-order valence-corrected chi connectivity index (χ1v) is 6.79. The first-order chi connectivity index (χ1) is 10.2. The molecular weight excluding hydrogens is 296 g/mol. The molecule has 0 radical (unpaired) electrons. The third-order valence-electron chi connectivity index (χ3n) is 4.02. The van der Waals surface area contributed by atoms with Crippen molar-refractivity contribution in [3.05, 3.63) is 11.6 Å². The van der Waals surface area contributed by atoms with Crippen LogP contribution in [0.2, 0.25) is 0 Å². The number of hydrogen-bond acceptors (Lipinski definition) is 4. The first-order valence-electron chi connectivity index (χ1n) is 6.79. The molecule has 8 nitrogen and oxygen atoms in total. The van der Waals surface area contributed by atoms with Crippen LogP contribution in [-0.2, 0) is 19.2 Å². The Bertz CT molecular complexity index is 521. The van der Waals surface area contributed by atoms with Gasteiger partial charge in [-0.2, -0.15) is 0 Å². The van der Waals surface area contributed by atoms with Gasteiger partial charge < -0.3 is 20.4 Å². The molecule has 1 aliphatic carbocycles. The molecule has 1 rings (SSSR count). The summed E-state index contributed by atoms with van der Waals surface area (Å²) in [7, 11) is 0. The molecule has 4 unspecified atom stereocenters. The van der Waals surface area contributed by atoms with E-state index in [0.717, 1.165) is 0 Å². The van der Waals surface area contributed by atoms with Gasteiger partial charge in [0.25, 0.3) is 0 Å². The number of allylic oxidation sites excluding steroid dienone is 1. The summed E-state index contributed by atoms with van der Waals surface area (Å²) < 4.78 is 0. The largest absolute Gasteiger partial charge is 0.481 e. The fraction of sp³-hybridized carbons (Fsp3) is 0.571. The van der Waals surface area contributed by atoms with Crippen LogP contribution in [0.15, 0.2) is 11.6 Å². The quantitative estimate of drug-likeness (QED) is 0.507. The zero-order valence-electron chi connectivity index (χ0n) is 11.9. The van der Waals surface area contributed by atoms with E-state index in [9.17, 15) is 29.4 Å². The van der Waals surface area contributed by atoms with Gasteiger partial charge in [-0.3, -0.25) is 19.2 Å². The normalized spacial score (nSPS) is 25.9. The Hall–Kier alpha value is -2.38. The van der Waals surface area contributed by atoms with Crippen molar-refractivity contribution in [2.75, 3.05) is 0 Å². The summed E-state index contributed by atoms with van der Waals surface area (Å²) >= 11 is 0. The summed E-state index contributed by atoms with van der Waals surface area (Å²) in [5, 5.41) is 36.4. The van der Waals surface area contributed by atoms with Crippen molar-refractivity contribution < 1.29 is 39.6 Å². The van der Waals surface area contributed by atoms with Crippen LogP contribution < -0.4 is 0 Å². The molecule has 0 aromatic carbocycles. The van der Waals surface area contributed by atoms with E-state index in [-0.39, 0.29) is 6.42 Å². The molecule has 0 heterocycles. The summed E-state index contributed by atoms with van der Waals surface area (Å²) in [6.45, 7) is 1.69. The molecule has 8 heteroatoms. The molecule has 0 aliphatic heterocycles. The second-order valence-electron chi connectivity index (χ2n) is 5.29. The molecule has 4 atom stereocenters. The van der Waals surface area contributed by atoms with Crippen molar-refractivity contribution in [1.29, 1.82) is 0 Å². The predicted octanol–water partition coefficient (Wildman–Crippen LogP) is 0.920. The first kappa shape index (κ1) is 17.7. The average molecular weight is 314 g/mol. The van der Waals surface area contributed by atoms with E-state index in [4.69, 9.17) is 10.2 Å². The van der Waals surface area contributed by atoms with Crippen LogP contribution >= 0.6 is 0 Å². The van der Waals surface area contributed by atoms with Crippen LogP contribution in [-0.4, -0.2) is 44.3 Å². The van der Waals surface area contributed by atoms with Crippen molar-refractivity contribution in [3.63, 3.8) is 0 Å². The molecule has 0 bridgehead atoms. The van der Waals surface area contributed by atoms with Gasteiger partial charge in [0.05, 0.1) is 24.2 Å². The Morgan fingerprint density at radius 3 is 2.09 bits per heavy atom. The summed E-state index contributed by atoms with van der Waals surface area (Å²) in [5.74, 6) is -9.82. The molecule has 0 spiro atoms. The van der Waals surface area contributed by atoms with Crippen LogP contribution in [0.3, 0.4) is 0 Å². The lowest BCUT2D eigenvalue weighted by Crippen LogP contribution is -2.39. The maximum absolute atomic E-state index is 11.3. The Balaban J connectivity index is 3.25. The van der Waals surface area contributed by atoms with E-state index in [2.05, 4.69) is 0 Å². The fourth-order valence-corrected chi connectivity index (χ4v) is 2.93. The Morgan fingerprint density at radius 2 is 1.73 bits per heavy atom. The number of carbonyl (C=O) groups is 4. The fourth-order valence-electron chi connectivity index (χ4n) is 2.93. The minimum atomic E-state index is -1.33. The molecule has 122 valence electrons. The van der Waals surface area contributed by atoms with Crippen LogP contribution in [0.4, 0.5) is 0 Å². The average Bonchev–Trinajstić information content (AvgIpc) is 2.42. The highest BCUT2D eigenvalue weighted by Gasteiger charge is 2.43. The van der Waals surface area contributed by atoms with Crippen LogP contribution in [0.25, 0.3) is 0 Å². The van der Waals surface area contributed by atoms with E-state index >= 15 is 0 Å². The van der Waals surface area contributed by atoms with Gasteiger partial charge in [0.1, 0.15) is 0 Å². The zero-order chi connectivity index (χ0) is 17.0. The lowest BCUT2D eigenvalue weighted by atomic mass is 9.69. The molecule has 0 aromatic rings. The van der Waals surface area contributed by atoms with Crippen molar-refractivity contribution in [1.82, 2.24) is 0 Å². The van der Waals surface area contributed by atoms with Gasteiger partial charge in [0, 0.05) is 0 Å². The lowest BCUT2D eigenvalue weighted by Gasteiger charge is -2.34. The highest BCUT2D eigenvalue weighted by atomic mass is 16.4.